The van der Waals surface area contributed by atoms with Crippen LogP contribution in [0.25, 0.3) is 0 Å². The summed E-state index contributed by atoms with van der Waals surface area (Å²) >= 11 is 0. The summed E-state index contributed by atoms with van der Waals surface area (Å²) in [5, 5.41) is 0. The van der Waals surface area contributed by atoms with Crippen LogP contribution in [0.1, 0.15) is 33.1 Å². The molecule has 1 saturated heterocycles. The maximum atomic E-state index is 11.8. The van der Waals surface area contributed by atoms with E-state index in [1.165, 1.54) is 6.42 Å². The van der Waals surface area contributed by atoms with Crippen LogP contribution in [0, 0.1) is 0 Å². The number of likely N-dealkylation sites (tertiary alicyclic amines) is 1. The van der Waals surface area contributed by atoms with Crippen LogP contribution in [0.2, 0.25) is 0 Å². The summed E-state index contributed by atoms with van der Waals surface area (Å²) in [5.41, 5.74) is 5.31. The van der Waals surface area contributed by atoms with Crippen molar-refractivity contribution >= 4 is 16.7 Å². The smallest absolute Gasteiger partial charge is 0.235 e. The zero-order valence-electron chi connectivity index (χ0n) is 10.2. The summed E-state index contributed by atoms with van der Waals surface area (Å²) in [4.78, 5) is 13.6. The lowest BCUT2D eigenvalue weighted by molar-refractivity contribution is -0.129. The minimum absolute atomic E-state index is 0.0160. The van der Waals surface area contributed by atoms with Crippen molar-refractivity contribution in [3.63, 3.8) is 0 Å². The lowest BCUT2D eigenvalue weighted by Crippen LogP contribution is -2.42. The predicted octanol–water partition coefficient (Wildman–Crippen LogP) is 0.485. The van der Waals surface area contributed by atoms with Crippen LogP contribution >= 0.6 is 0 Å². The maximum absolute atomic E-state index is 11.8. The quantitative estimate of drug-likeness (QED) is 0.785. The molecule has 1 fully saturated rings. The molecule has 1 heterocycles. The Labute approximate surface area is 100 Å². The molecule has 94 valence electrons. The Hall–Kier alpha value is -0.420. The largest absolute Gasteiger partial charge is 0.342 e. The molecular formula is C11H22N2O2S. The second-order valence-electron chi connectivity index (χ2n) is 5.16. The van der Waals surface area contributed by atoms with Gasteiger partial charge in [-0.2, -0.15) is 0 Å². The highest BCUT2D eigenvalue weighted by Gasteiger charge is 2.21. The molecule has 0 saturated carbocycles. The van der Waals surface area contributed by atoms with Crippen molar-refractivity contribution in [1.82, 2.24) is 4.90 Å². The average molecular weight is 246 g/mol. The van der Waals surface area contributed by atoms with Crippen LogP contribution in [0.3, 0.4) is 0 Å². The van der Waals surface area contributed by atoms with Crippen molar-refractivity contribution in [2.45, 2.75) is 38.6 Å². The molecule has 0 aromatic heterocycles. The standard InChI is InChI=1S/C11H22N2O2S/c1-11(2,12)9-16(15)8-10(14)13-6-4-3-5-7-13/h3-9,12H2,1-2H3. The van der Waals surface area contributed by atoms with Crippen molar-refractivity contribution in [2.24, 2.45) is 5.73 Å². The number of rotatable bonds is 4. The van der Waals surface area contributed by atoms with Gasteiger partial charge in [-0.15, -0.1) is 0 Å². The molecule has 1 aliphatic rings. The Kier molecular flexibility index (Phi) is 4.92. The Bertz CT molecular complexity index is 268. The van der Waals surface area contributed by atoms with Crippen LogP contribution < -0.4 is 5.73 Å². The summed E-state index contributed by atoms with van der Waals surface area (Å²) in [7, 11) is -1.14. The molecule has 0 radical (unpaired) electrons. The fourth-order valence-electron chi connectivity index (χ4n) is 1.84. The van der Waals surface area contributed by atoms with Gasteiger partial charge in [0.2, 0.25) is 5.91 Å². The first-order valence-corrected chi connectivity index (χ1v) is 7.29. The van der Waals surface area contributed by atoms with Gasteiger partial charge in [0.1, 0.15) is 5.75 Å². The molecule has 16 heavy (non-hydrogen) atoms. The first-order chi connectivity index (χ1) is 7.38. The van der Waals surface area contributed by atoms with E-state index in [0.29, 0.717) is 5.75 Å². The monoisotopic (exact) mass is 246 g/mol. The molecule has 4 nitrogen and oxygen atoms in total. The van der Waals surface area contributed by atoms with Crippen molar-refractivity contribution in [2.75, 3.05) is 24.6 Å². The maximum Gasteiger partial charge on any atom is 0.235 e. The van der Waals surface area contributed by atoms with Gasteiger partial charge in [0.25, 0.3) is 0 Å². The Morgan fingerprint density at radius 3 is 2.38 bits per heavy atom. The minimum atomic E-state index is -1.14. The highest BCUT2D eigenvalue weighted by Crippen LogP contribution is 2.09. The second-order valence-corrected chi connectivity index (χ2v) is 6.62. The molecular weight excluding hydrogens is 224 g/mol. The van der Waals surface area contributed by atoms with E-state index < -0.39 is 16.3 Å². The fourth-order valence-corrected chi connectivity index (χ4v) is 3.23. The van der Waals surface area contributed by atoms with E-state index in [0.717, 1.165) is 25.9 Å². The summed E-state index contributed by atoms with van der Waals surface area (Å²) in [6, 6.07) is 0. The third-order valence-electron chi connectivity index (χ3n) is 2.53. The lowest BCUT2D eigenvalue weighted by Gasteiger charge is -2.27. The van der Waals surface area contributed by atoms with Crippen molar-refractivity contribution in [3.05, 3.63) is 0 Å². The lowest BCUT2D eigenvalue weighted by atomic mass is 10.1. The van der Waals surface area contributed by atoms with Crippen LogP contribution in [0.5, 0.6) is 0 Å². The third kappa shape index (κ3) is 5.07. The Morgan fingerprint density at radius 2 is 1.88 bits per heavy atom. The number of hydrogen-bond donors (Lipinski definition) is 1. The molecule has 1 unspecified atom stereocenters. The molecule has 0 aromatic carbocycles. The Balaban J connectivity index is 2.35. The normalized spacial score (nSPS) is 19.6. The number of carbonyl (C=O) groups excluding carboxylic acids is 1. The van der Waals surface area contributed by atoms with Crippen LogP contribution in [0.15, 0.2) is 0 Å². The van der Waals surface area contributed by atoms with Gasteiger partial charge in [0.15, 0.2) is 0 Å². The van der Waals surface area contributed by atoms with Gasteiger partial charge >= 0.3 is 0 Å². The summed E-state index contributed by atoms with van der Waals surface area (Å²) in [6.07, 6.45) is 3.34. The Morgan fingerprint density at radius 1 is 1.31 bits per heavy atom. The second kappa shape index (κ2) is 5.77. The van der Waals surface area contributed by atoms with E-state index in [9.17, 15) is 9.00 Å². The number of piperidine rings is 1. The molecule has 0 aliphatic carbocycles. The fraction of sp³-hybridized carbons (Fsp3) is 0.909. The number of nitrogens with two attached hydrogens (primary N) is 1. The van der Waals surface area contributed by atoms with E-state index in [-0.39, 0.29) is 11.7 Å². The molecule has 0 aromatic rings. The average Bonchev–Trinajstić information content (AvgIpc) is 2.16. The summed E-state index contributed by atoms with van der Waals surface area (Å²) < 4.78 is 11.7. The molecule has 1 aliphatic heterocycles. The van der Waals surface area contributed by atoms with Gasteiger partial charge in [0, 0.05) is 35.2 Å². The highest BCUT2D eigenvalue weighted by atomic mass is 32.2. The number of amides is 1. The topological polar surface area (TPSA) is 63.4 Å². The van der Waals surface area contributed by atoms with Crippen LogP contribution in [0.4, 0.5) is 0 Å². The molecule has 0 spiro atoms. The first kappa shape index (κ1) is 13.6. The van der Waals surface area contributed by atoms with Gasteiger partial charge in [0.05, 0.1) is 0 Å². The van der Waals surface area contributed by atoms with Gasteiger partial charge in [-0.05, 0) is 33.1 Å². The molecule has 1 atom stereocenters. The van der Waals surface area contributed by atoms with E-state index in [1.807, 2.05) is 18.7 Å². The minimum Gasteiger partial charge on any atom is -0.342 e. The van der Waals surface area contributed by atoms with Crippen molar-refractivity contribution < 1.29 is 9.00 Å². The number of nitrogens with zero attached hydrogens (tertiary/aromatic N) is 1. The van der Waals surface area contributed by atoms with E-state index in [1.54, 1.807) is 0 Å². The van der Waals surface area contributed by atoms with Crippen LogP contribution in [-0.4, -0.2) is 45.2 Å². The summed E-state index contributed by atoms with van der Waals surface area (Å²) in [6.45, 7) is 5.30. The van der Waals surface area contributed by atoms with E-state index in [4.69, 9.17) is 5.73 Å². The molecule has 0 bridgehead atoms. The SMILES string of the molecule is CC(C)(N)CS(=O)CC(=O)N1CCCCC1. The van der Waals surface area contributed by atoms with Gasteiger partial charge in [-0.3, -0.25) is 9.00 Å². The van der Waals surface area contributed by atoms with E-state index >= 15 is 0 Å². The predicted molar refractivity (Wildman–Crippen MR) is 66.6 cm³/mol. The highest BCUT2D eigenvalue weighted by molar-refractivity contribution is 7.85. The molecule has 1 rings (SSSR count). The number of carbonyl (C=O) groups is 1. The van der Waals surface area contributed by atoms with Crippen LogP contribution in [-0.2, 0) is 15.6 Å². The van der Waals surface area contributed by atoms with Gasteiger partial charge < -0.3 is 10.6 Å². The molecule has 2 N–H and O–H groups in total. The number of hydrogen-bond acceptors (Lipinski definition) is 3. The zero-order valence-corrected chi connectivity index (χ0v) is 11.0. The van der Waals surface area contributed by atoms with Gasteiger partial charge in [-0.25, -0.2) is 0 Å². The van der Waals surface area contributed by atoms with Crippen molar-refractivity contribution in [1.29, 1.82) is 0 Å². The van der Waals surface area contributed by atoms with E-state index in [2.05, 4.69) is 0 Å². The molecule has 5 heteroatoms. The van der Waals surface area contributed by atoms with Crippen molar-refractivity contribution in [3.8, 4) is 0 Å². The zero-order chi connectivity index (χ0) is 12.2. The summed E-state index contributed by atoms with van der Waals surface area (Å²) in [5.74, 6) is 0.523. The van der Waals surface area contributed by atoms with Gasteiger partial charge in [-0.1, -0.05) is 0 Å². The third-order valence-corrected chi connectivity index (χ3v) is 4.16. The molecule has 1 amide bonds. The first-order valence-electron chi connectivity index (χ1n) is 5.80.